The van der Waals surface area contributed by atoms with Gasteiger partial charge in [0.05, 0.1) is 0 Å². The number of nitrogens with one attached hydrogen (secondary N) is 1. The molecule has 0 atom stereocenters. The van der Waals surface area contributed by atoms with E-state index in [1.54, 1.807) is 0 Å². The lowest BCUT2D eigenvalue weighted by Gasteiger charge is -2.10. The van der Waals surface area contributed by atoms with Crippen LogP contribution >= 0.6 is 0 Å². The highest BCUT2D eigenvalue weighted by Crippen LogP contribution is 2.28. The Bertz CT molecular complexity index is 1030. The van der Waals surface area contributed by atoms with Gasteiger partial charge in [-0.2, -0.15) is 0 Å². The molecule has 0 unspecified atom stereocenters. The average Bonchev–Trinajstić information content (AvgIpc) is 3.05. The highest BCUT2D eigenvalue weighted by Gasteiger charge is 2.07. The fourth-order valence-electron chi connectivity index (χ4n) is 3.00. The first kappa shape index (κ1) is 15.4. The van der Waals surface area contributed by atoms with Gasteiger partial charge in [-0.3, -0.25) is 4.98 Å². The average molecular weight is 328 g/mol. The van der Waals surface area contributed by atoms with Crippen LogP contribution < -0.4 is 4.90 Å². The molecule has 3 heterocycles. The van der Waals surface area contributed by atoms with Gasteiger partial charge in [0.1, 0.15) is 5.82 Å². The van der Waals surface area contributed by atoms with Crippen molar-refractivity contribution in [2.75, 3.05) is 19.0 Å². The molecule has 4 rings (SSSR count). The molecule has 3 aromatic heterocycles. The van der Waals surface area contributed by atoms with E-state index in [0.717, 1.165) is 28.3 Å². The first-order chi connectivity index (χ1) is 12.1. The van der Waals surface area contributed by atoms with Crippen molar-refractivity contribution in [1.29, 1.82) is 0 Å². The highest BCUT2D eigenvalue weighted by atomic mass is 15.1. The molecule has 124 valence electrons. The van der Waals surface area contributed by atoms with Gasteiger partial charge >= 0.3 is 0 Å². The van der Waals surface area contributed by atoms with E-state index in [2.05, 4.69) is 51.4 Å². The molecule has 0 aliphatic heterocycles. The molecule has 0 aliphatic carbocycles. The van der Waals surface area contributed by atoms with Crippen molar-refractivity contribution >= 4 is 16.7 Å². The third kappa shape index (κ3) is 2.98. The normalized spacial score (nSPS) is 11.0. The minimum absolute atomic E-state index is 0.954. The van der Waals surface area contributed by atoms with E-state index in [1.807, 2.05) is 50.4 Å². The number of benzene rings is 1. The number of hydrogen-bond acceptors (Lipinski definition) is 3. The number of H-pyrrole nitrogens is 1. The Balaban J connectivity index is 1.73. The lowest BCUT2D eigenvalue weighted by molar-refractivity contribution is 1.07. The van der Waals surface area contributed by atoms with Crippen molar-refractivity contribution in [3.63, 3.8) is 0 Å². The van der Waals surface area contributed by atoms with E-state index in [4.69, 9.17) is 0 Å². The molecular formula is C21H20N4. The van der Waals surface area contributed by atoms with Crippen molar-refractivity contribution in [3.8, 4) is 22.4 Å². The van der Waals surface area contributed by atoms with E-state index in [9.17, 15) is 0 Å². The zero-order valence-electron chi connectivity index (χ0n) is 14.6. The summed E-state index contributed by atoms with van der Waals surface area (Å²) in [7, 11) is 3.99. The molecule has 4 heteroatoms. The summed E-state index contributed by atoms with van der Waals surface area (Å²) in [4.78, 5) is 14.3. The molecule has 0 amide bonds. The van der Waals surface area contributed by atoms with Gasteiger partial charge in [0, 0.05) is 54.3 Å². The minimum Gasteiger partial charge on any atom is -0.363 e. The Hall–Kier alpha value is -3.14. The molecule has 0 fully saturated rings. The molecule has 4 nitrogen and oxygen atoms in total. The summed E-state index contributed by atoms with van der Waals surface area (Å²) in [5.74, 6) is 0.954. The third-order valence-corrected chi connectivity index (χ3v) is 4.37. The van der Waals surface area contributed by atoms with Crippen LogP contribution in [0.1, 0.15) is 5.69 Å². The van der Waals surface area contributed by atoms with E-state index in [0.29, 0.717) is 0 Å². The lowest BCUT2D eigenvalue weighted by atomic mass is 10.0. The maximum atomic E-state index is 4.50. The Morgan fingerprint density at radius 2 is 1.64 bits per heavy atom. The molecule has 4 aromatic rings. The van der Waals surface area contributed by atoms with Crippen LogP contribution in [-0.4, -0.2) is 29.0 Å². The van der Waals surface area contributed by atoms with Crippen LogP contribution in [0.25, 0.3) is 33.3 Å². The molecule has 0 radical (unpaired) electrons. The summed E-state index contributed by atoms with van der Waals surface area (Å²) in [5, 5.41) is 1.19. The lowest BCUT2D eigenvalue weighted by Crippen LogP contribution is -2.09. The van der Waals surface area contributed by atoms with E-state index in [1.165, 1.54) is 16.5 Å². The van der Waals surface area contributed by atoms with Crippen LogP contribution in [0.2, 0.25) is 0 Å². The largest absolute Gasteiger partial charge is 0.363 e. The Morgan fingerprint density at radius 3 is 2.36 bits per heavy atom. The molecule has 1 aromatic carbocycles. The van der Waals surface area contributed by atoms with Crippen LogP contribution in [-0.2, 0) is 0 Å². The van der Waals surface area contributed by atoms with E-state index >= 15 is 0 Å². The molecule has 0 saturated heterocycles. The fourth-order valence-corrected chi connectivity index (χ4v) is 3.00. The summed E-state index contributed by atoms with van der Waals surface area (Å²) in [6, 6.07) is 17.0. The van der Waals surface area contributed by atoms with Crippen LogP contribution in [0.4, 0.5) is 5.82 Å². The second-order valence-electron chi connectivity index (χ2n) is 6.47. The van der Waals surface area contributed by atoms with E-state index < -0.39 is 0 Å². The summed E-state index contributed by atoms with van der Waals surface area (Å²) >= 11 is 0. The van der Waals surface area contributed by atoms with Crippen molar-refractivity contribution in [1.82, 2.24) is 15.0 Å². The number of pyridine rings is 2. The van der Waals surface area contributed by atoms with Crippen LogP contribution in [0.3, 0.4) is 0 Å². The molecule has 25 heavy (non-hydrogen) atoms. The number of aromatic amines is 1. The third-order valence-electron chi connectivity index (χ3n) is 4.37. The van der Waals surface area contributed by atoms with Crippen molar-refractivity contribution in [2.24, 2.45) is 0 Å². The molecule has 0 spiro atoms. The van der Waals surface area contributed by atoms with Gasteiger partial charge < -0.3 is 9.88 Å². The zero-order valence-corrected chi connectivity index (χ0v) is 14.6. The zero-order chi connectivity index (χ0) is 17.4. The minimum atomic E-state index is 0.954. The number of aromatic nitrogens is 3. The van der Waals surface area contributed by atoms with Gasteiger partial charge in [-0.05, 0) is 60.5 Å². The highest BCUT2D eigenvalue weighted by molar-refractivity contribution is 5.89. The number of anilines is 1. The van der Waals surface area contributed by atoms with Gasteiger partial charge in [0.25, 0.3) is 0 Å². The number of rotatable bonds is 3. The summed E-state index contributed by atoms with van der Waals surface area (Å²) in [6.45, 7) is 2.01. The number of nitrogens with zero attached hydrogens (tertiary/aromatic N) is 3. The standard InChI is InChI=1S/C21H20N4/c1-14-10-16(8-9-22-14)15-4-6-19-18(11-15)12-20(24-19)17-5-7-21(23-13-17)25(2)3/h4-13,24H,1-3H3. The Kier molecular flexibility index (Phi) is 3.73. The first-order valence-electron chi connectivity index (χ1n) is 8.30. The molecule has 0 saturated carbocycles. The predicted octanol–water partition coefficient (Wildman–Crippen LogP) is 4.67. The maximum absolute atomic E-state index is 4.50. The fraction of sp³-hybridized carbons (Fsp3) is 0.143. The Morgan fingerprint density at radius 1 is 0.840 bits per heavy atom. The van der Waals surface area contributed by atoms with Crippen LogP contribution in [0.15, 0.2) is 60.9 Å². The summed E-state index contributed by atoms with van der Waals surface area (Å²) < 4.78 is 0. The molecular weight excluding hydrogens is 308 g/mol. The summed E-state index contributed by atoms with van der Waals surface area (Å²) in [5.41, 5.74) is 6.71. The molecule has 1 N–H and O–H groups in total. The predicted molar refractivity (Wildman–Crippen MR) is 104 cm³/mol. The Labute approximate surface area is 147 Å². The van der Waals surface area contributed by atoms with Crippen molar-refractivity contribution in [3.05, 3.63) is 66.6 Å². The SMILES string of the molecule is Cc1cc(-c2ccc3[nH]c(-c4ccc(N(C)C)nc4)cc3c2)ccn1. The molecule has 0 bridgehead atoms. The van der Waals surface area contributed by atoms with Gasteiger partial charge in [0.2, 0.25) is 0 Å². The van der Waals surface area contributed by atoms with Gasteiger partial charge in [0.15, 0.2) is 0 Å². The topological polar surface area (TPSA) is 44.8 Å². The number of fused-ring (bicyclic) bond motifs is 1. The second kappa shape index (κ2) is 6.06. The second-order valence-corrected chi connectivity index (χ2v) is 6.47. The monoisotopic (exact) mass is 328 g/mol. The molecule has 0 aliphatic rings. The van der Waals surface area contributed by atoms with Gasteiger partial charge in [-0.25, -0.2) is 4.98 Å². The van der Waals surface area contributed by atoms with Crippen LogP contribution in [0.5, 0.6) is 0 Å². The number of hydrogen-bond donors (Lipinski definition) is 1. The quantitative estimate of drug-likeness (QED) is 0.594. The first-order valence-corrected chi connectivity index (χ1v) is 8.30. The van der Waals surface area contributed by atoms with E-state index in [-0.39, 0.29) is 0 Å². The van der Waals surface area contributed by atoms with Crippen molar-refractivity contribution in [2.45, 2.75) is 6.92 Å². The van der Waals surface area contributed by atoms with Crippen molar-refractivity contribution < 1.29 is 0 Å². The summed E-state index contributed by atoms with van der Waals surface area (Å²) in [6.07, 6.45) is 3.77. The maximum Gasteiger partial charge on any atom is 0.127 e. The van der Waals surface area contributed by atoms with Crippen LogP contribution in [0, 0.1) is 6.92 Å². The van der Waals surface area contributed by atoms with Gasteiger partial charge in [-0.15, -0.1) is 0 Å². The van der Waals surface area contributed by atoms with Gasteiger partial charge in [-0.1, -0.05) is 6.07 Å². The smallest absolute Gasteiger partial charge is 0.127 e. The number of aryl methyl sites for hydroxylation is 1.